The fourth-order valence-corrected chi connectivity index (χ4v) is 3.85. The number of anilines is 1. The monoisotopic (exact) mass is 398 g/mol. The molecule has 5 rings (SSSR count). The van der Waals surface area contributed by atoms with Crippen LogP contribution in [-0.4, -0.2) is 18.0 Å². The molecule has 0 radical (unpaired) electrons. The molecule has 0 saturated heterocycles. The zero-order chi connectivity index (χ0) is 20.6. The van der Waals surface area contributed by atoms with Crippen molar-refractivity contribution in [2.24, 2.45) is 0 Å². The summed E-state index contributed by atoms with van der Waals surface area (Å²) in [6, 6.07) is 23.0. The lowest BCUT2D eigenvalue weighted by atomic mass is 9.94. The molecule has 1 aliphatic carbocycles. The Morgan fingerprint density at radius 1 is 0.933 bits per heavy atom. The Labute approximate surface area is 174 Å². The topological polar surface area (TPSA) is 63.4 Å². The number of para-hydroxylation sites is 1. The maximum absolute atomic E-state index is 13.2. The van der Waals surface area contributed by atoms with E-state index in [-0.39, 0.29) is 5.91 Å². The number of hydrogen-bond donors (Lipinski definition) is 2. The first kappa shape index (κ1) is 18.3. The largest absolute Gasteiger partial charge is 0.497 e. The summed E-state index contributed by atoms with van der Waals surface area (Å²) in [5.74, 6) is 2.31. The van der Waals surface area contributed by atoms with Crippen molar-refractivity contribution < 1.29 is 14.3 Å². The molecule has 5 nitrogen and oxygen atoms in total. The molecule has 1 heterocycles. The Hall–Kier alpha value is -3.73. The highest BCUT2D eigenvalue weighted by molar-refractivity contribution is 6.04. The van der Waals surface area contributed by atoms with Gasteiger partial charge < -0.3 is 19.8 Å². The number of nitrogens with one attached hydrogen (secondary N) is 2. The SMILES string of the molecule is COc1ccc2[nH]cc(C3(C(=O)Nc4ccc(Oc5ccccc5)cc4)CC3)c2c1. The standard InChI is InChI=1S/C25H22N2O3/c1-29-20-11-12-23-21(15-20)22(16-26-23)25(13-14-25)24(28)27-17-7-9-19(10-8-17)30-18-5-3-2-4-6-18/h2-12,15-16,26H,13-14H2,1H3,(H,27,28). The first-order chi connectivity index (χ1) is 14.7. The van der Waals surface area contributed by atoms with Gasteiger partial charge in [0.15, 0.2) is 0 Å². The smallest absolute Gasteiger partial charge is 0.235 e. The minimum Gasteiger partial charge on any atom is -0.497 e. The summed E-state index contributed by atoms with van der Waals surface area (Å²) < 4.78 is 11.2. The summed E-state index contributed by atoms with van der Waals surface area (Å²) in [6.45, 7) is 0. The number of benzene rings is 3. The Morgan fingerprint density at radius 2 is 1.63 bits per heavy atom. The molecule has 30 heavy (non-hydrogen) atoms. The molecule has 0 bridgehead atoms. The molecule has 0 spiro atoms. The van der Waals surface area contributed by atoms with Crippen LogP contribution in [0.1, 0.15) is 18.4 Å². The molecule has 150 valence electrons. The lowest BCUT2D eigenvalue weighted by molar-refractivity contribution is -0.118. The van der Waals surface area contributed by atoms with Crippen molar-refractivity contribution in [3.63, 3.8) is 0 Å². The minimum absolute atomic E-state index is 0.0166. The number of aromatic amines is 1. The molecular formula is C25H22N2O3. The van der Waals surface area contributed by atoms with Crippen molar-refractivity contribution in [2.75, 3.05) is 12.4 Å². The van der Waals surface area contributed by atoms with Crippen LogP contribution in [0.3, 0.4) is 0 Å². The second kappa shape index (κ2) is 7.26. The van der Waals surface area contributed by atoms with Gasteiger partial charge in [-0.1, -0.05) is 18.2 Å². The Balaban J connectivity index is 1.34. The highest BCUT2D eigenvalue weighted by Crippen LogP contribution is 2.51. The van der Waals surface area contributed by atoms with Crippen LogP contribution >= 0.6 is 0 Å². The molecular weight excluding hydrogens is 376 g/mol. The van der Waals surface area contributed by atoms with Crippen molar-refractivity contribution in [2.45, 2.75) is 18.3 Å². The van der Waals surface area contributed by atoms with E-state index in [1.165, 1.54) is 0 Å². The highest BCUT2D eigenvalue weighted by Gasteiger charge is 2.52. The van der Waals surface area contributed by atoms with E-state index in [4.69, 9.17) is 9.47 Å². The number of fused-ring (bicyclic) bond motifs is 1. The molecule has 5 heteroatoms. The van der Waals surface area contributed by atoms with Crippen molar-refractivity contribution >= 4 is 22.5 Å². The van der Waals surface area contributed by atoms with Crippen LogP contribution in [0.25, 0.3) is 10.9 Å². The van der Waals surface area contributed by atoms with Crippen LogP contribution in [0.5, 0.6) is 17.2 Å². The van der Waals surface area contributed by atoms with Gasteiger partial charge in [0, 0.05) is 22.8 Å². The zero-order valence-corrected chi connectivity index (χ0v) is 16.6. The number of carbonyl (C=O) groups excluding carboxylic acids is 1. The molecule has 1 aromatic heterocycles. The van der Waals surface area contributed by atoms with Gasteiger partial charge in [-0.15, -0.1) is 0 Å². The predicted molar refractivity (Wildman–Crippen MR) is 117 cm³/mol. The lowest BCUT2D eigenvalue weighted by Gasteiger charge is -2.15. The molecule has 2 N–H and O–H groups in total. The number of ether oxygens (including phenoxy) is 2. The predicted octanol–water partition coefficient (Wildman–Crippen LogP) is 5.64. The molecule has 0 unspecified atom stereocenters. The number of carbonyl (C=O) groups is 1. The van der Waals surface area contributed by atoms with Crippen LogP contribution in [0, 0.1) is 0 Å². The number of amides is 1. The van der Waals surface area contributed by atoms with E-state index in [9.17, 15) is 4.79 Å². The molecule has 1 fully saturated rings. The first-order valence-corrected chi connectivity index (χ1v) is 9.98. The molecule has 0 atom stereocenters. The fraction of sp³-hybridized carbons (Fsp3) is 0.160. The van der Waals surface area contributed by atoms with Gasteiger partial charge in [0.1, 0.15) is 17.2 Å². The van der Waals surface area contributed by atoms with Crippen LogP contribution in [0.2, 0.25) is 0 Å². The van der Waals surface area contributed by atoms with Gasteiger partial charge in [0.2, 0.25) is 5.91 Å². The summed E-state index contributed by atoms with van der Waals surface area (Å²) in [5.41, 5.74) is 2.29. The first-order valence-electron chi connectivity index (χ1n) is 9.98. The Morgan fingerprint density at radius 3 is 2.33 bits per heavy atom. The molecule has 0 aliphatic heterocycles. The van der Waals surface area contributed by atoms with Gasteiger partial charge in [0.25, 0.3) is 0 Å². The Kier molecular flexibility index (Phi) is 4.43. The van der Waals surface area contributed by atoms with E-state index >= 15 is 0 Å². The van der Waals surface area contributed by atoms with Gasteiger partial charge in [-0.25, -0.2) is 0 Å². The third-order valence-corrected chi connectivity index (χ3v) is 5.68. The molecule has 1 saturated carbocycles. The van der Waals surface area contributed by atoms with E-state index in [0.29, 0.717) is 0 Å². The quantitative estimate of drug-likeness (QED) is 0.442. The van der Waals surface area contributed by atoms with Crippen molar-refractivity contribution in [3.05, 3.63) is 84.6 Å². The second-order valence-electron chi connectivity index (χ2n) is 7.59. The highest BCUT2D eigenvalue weighted by atomic mass is 16.5. The van der Waals surface area contributed by atoms with Gasteiger partial charge in [-0.2, -0.15) is 0 Å². The Bertz CT molecular complexity index is 1190. The fourth-order valence-electron chi connectivity index (χ4n) is 3.85. The molecule has 4 aromatic rings. The maximum atomic E-state index is 13.2. The van der Waals surface area contributed by atoms with E-state index in [0.717, 1.165) is 52.2 Å². The van der Waals surface area contributed by atoms with E-state index in [1.807, 2.05) is 79.0 Å². The van der Waals surface area contributed by atoms with Gasteiger partial charge in [0.05, 0.1) is 12.5 Å². The summed E-state index contributed by atoms with van der Waals surface area (Å²) >= 11 is 0. The summed E-state index contributed by atoms with van der Waals surface area (Å²) in [4.78, 5) is 16.5. The van der Waals surface area contributed by atoms with Crippen LogP contribution in [0.15, 0.2) is 79.0 Å². The third kappa shape index (κ3) is 3.28. The maximum Gasteiger partial charge on any atom is 0.235 e. The summed E-state index contributed by atoms with van der Waals surface area (Å²) in [5, 5.41) is 4.11. The average Bonchev–Trinajstić information content (AvgIpc) is 3.48. The van der Waals surface area contributed by atoms with Gasteiger partial charge >= 0.3 is 0 Å². The number of aromatic nitrogens is 1. The van der Waals surface area contributed by atoms with E-state index in [1.54, 1.807) is 7.11 Å². The number of hydrogen-bond acceptors (Lipinski definition) is 3. The number of methoxy groups -OCH3 is 1. The molecule has 1 amide bonds. The van der Waals surface area contributed by atoms with Crippen LogP contribution in [0.4, 0.5) is 5.69 Å². The van der Waals surface area contributed by atoms with Gasteiger partial charge in [-0.05, 0) is 73.0 Å². The van der Waals surface area contributed by atoms with E-state index in [2.05, 4.69) is 10.3 Å². The third-order valence-electron chi connectivity index (χ3n) is 5.68. The molecule has 3 aromatic carbocycles. The normalized spacial score (nSPS) is 14.3. The minimum atomic E-state index is -0.496. The number of rotatable bonds is 6. The second-order valence-corrected chi connectivity index (χ2v) is 7.59. The van der Waals surface area contributed by atoms with Gasteiger partial charge in [-0.3, -0.25) is 4.79 Å². The van der Waals surface area contributed by atoms with E-state index < -0.39 is 5.41 Å². The average molecular weight is 398 g/mol. The molecule has 1 aliphatic rings. The zero-order valence-electron chi connectivity index (χ0n) is 16.6. The van der Waals surface area contributed by atoms with Crippen LogP contribution < -0.4 is 14.8 Å². The van der Waals surface area contributed by atoms with Crippen LogP contribution in [-0.2, 0) is 10.2 Å². The van der Waals surface area contributed by atoms with Crippen molar-refractivity contribution in [3.8, 4) is 17.2 Å². The summed E-state index contributed by atoms with van der Waals surface area (Å²) in [6.07, 6.45) is 3.61. The number of H-pyrrole nitrogens is 1. The van der Waals surface area contributed by atoms with Crippen molar-refractivity contribution in [1.82, 2.24) is 4.98 Å². The lowest BCUT2D eigenvalue weighted by Crippen LogP contribution is -2.27. The summed E-state index contributed by atoms with van der Waals surface area (Å²) in [7, 11) is 1.65. The van der Waals surface area contributed by atoms with Crippen molar-refractivity contribution in [1.29, 1.82) is 0 Å².